The van der Waals surface area contributed by atoms with Crippen LogP contribution in [0.1, 0.15) is 18.9 Å². The summed E-state index contributed by atoms with van der Waals surface area (Å²) in [4.78, 5) is 11.0. The summed E-state index contributed by atoms with van der Waals surface area (Å²) in [5, 5.41) is 0. The van der Waals surface area contributed by atoms with Gasteiger partial charge in [0.1, 0.15) is 16.4 Å². The van der Waals surface area contributed by atoms with Crippen LogP contribution in [0.3, 0.4) is 0 Å². The number of Topliss-reactive ketones (excluding diaryl/α,β-unsaturated/α-hetero) is 1. The summed E-state index contributed by atoms with van der Waals surface area (Å²) >= 11 is 3.25. The molecule has 0 aliphatic heterocycles. The highest BCUT2D eigenvalue weighted by Gasteiger charge is 2.16. The highest BCUT2D eigenvalue weighted by atomic mass is 79.9. The average molecular weight is 383 g/mol. The van der Waals surface area contributed by atoms with Crippen LogP contribution < -0.4 is 4.18 Å². The number of ketones is 1. The van der Waals surface area contributed by atoms with Crippen LogP contribution in [0.2, 0.25) is 0 Å². The van der Waals surface area contributed by atoms with Crippen molar-refractivity contribution in [2.45, 2.75) is 24.7 Å². The van der Waals surface area contributed by atoms with E-state index in [1.54, 1.807) is 43.3 Å². The molecule has 4 nitrogen and oxygen atoms in total. The third kappa shape index (κ3) is 4.68. The number of carbonyl (C=O) groups excluding carboxylic acids is 1. The Morgan fingerprint density at radius 3 is 2.18 bits per heavy atom. The molecule has 0 aliphatic rings. The predicted octanol–water partition coefficient (Wildman–Crippen LogP) is 3.74. The minimum Gasteiger partial charge on any atom is -0.379 e. The second-order valence-corrected chi connectivity index (χ2v) is 7.30. The van der Waals surface area contributed by atoms with Crippen molar-refractivity contribution >= 4 is 31.8 Å². The van der Waals surface area contributed by atoms with Gasteiger partial charge in [-0.1, -0.05) is 28.1 Å². The van der Waals surface area contributed by atoms with E-state index in [2.05, 4.69) is 15.9 Å². The van der Waals surface area contributed by atoms with Crippen molar-refractivity contribution in [1.82, 2.24) is 0 Å². The van der Waals surface area contributed by atoms with Crippen molar-refractivity contribution in [3.05, 3.63) is 58.6 Å². The molecule has 0 heterocycles. The maximum atomic E-state index is 12.1. The lowest BCUT2D eigenvalue weighted by molar-refractivity contribution is -0.116. The maximum absolute atomic E-state index is 12.1. The SMILES string of the molecule is CC(=O)CCc1ccc(OS(=O)(=O)c2ccc(Br)cc2)cc1. The van der Waals surface area contributed by atoms with Crippen LogP contribution in [0.25, 0.3) is 0 Å². The Hall–Kier alpha value is -1.66. The number of hydrogen-bond acceptors (Lipinski definition) is 4. The predicted molar refractivity (Wildman–Crippen MR) is 87.4 cm³/mol. The van der Waals surface area contributed by atoms with Gasteiger partial charge in [0.15, 0.2) is 0 Å². The van der Waals surface area contributed by atoms with E-state index in [9.17, 15) is 13.2 Å². The van der Waals surface area contributed by atoms with Crippen molar-refractivity contribution in [2.75, 3.05) is 0 Å². The molecule has 2 rings (SSSR count). The first-order valence-corrected chi connectivity index (χ1v) is 8.85. The molecular weight excluding hydrogens is 368 g/mol. The lowest BCUT2D eigenvalue weighted by atomic mass is 10.1. The molecule has 0 amide bonds. The molecule has 0 atom stereocenters. The Morgan fingerprint density at radius 1 is 1.05 bits per heavy atom. The molecule has 6 heteroatoms. The first-order valence-electron chi connectivity index (χ1n) is 6.65. The molecule has 2 aromatic rings. The molecule has 0 spiro atoms. The zero-order chi connectivity index (χ0) is 16.2. The topological polar surface area (TPSA) is 60.4 Å². The Labute approximate surface area is 138 Å². The van der Waals surface area contributed by atoms with Gasteiger partial charge in [-0.05, 0) is 55.3 Å². The number of halogens is 1. The van der Waals surface area contributed by atoms with E-state index < -0.39 is 10.1 Å². The summed E-state index contributed by atoms with van der Waals surface area (Å²) in [5.74, 6) is 0.368. The standard InChI is InChI=1S/C16H15BrO4S/c1-12(18)2-3-13-4-8-15(9-5-13)21-22(19,20)16-10-6-14(17)7-11-16/h4-11H,2-3H2,1H3. The summed E-state index contributed by atoms with van der Waals surface area (Å²) in [5.41, 5.74) is 0.962. The average Bonchev–Trinajstić information content (AvgIpc) is 2.46. The molecule has 0 unspecified atom stereocenters. The summed E-state index contributed by atoms with van der Waals surface area (Å²) in [6.45, 7) is 1.54. The van der Waals surface area contributed by atoms with Gasteiger partial charge in [0, 0.05) is 10.9 Å². The minimum absolute atomic E-state index is 0.0938. The van der Waals surface area contributed by atoms with E-state index >= 15 is 0 Å². The Bertz CT molecular complexity index is 750. The van der Waals surface area contributed by atoms with Gasteiger partial charge in [0.2, 0.25) is 0 Å². The summed E-state index contributed by atoms with van der Waals surface area (Å²) in [7, 11) is -3.84. The first kappa shape index (κ1) is 16.7. The maximum Gasteiger partial charge on any atom is 0.339 e. The smallest absolute Gasteiger partial charge is 0.339 e. The molecule has 0 saturated carbocycles. The van der Waals surface area contributed by atoms with Crippen molar-refractivity contribution in [3.8, 4) is 5.75 Å². The Kier molecular flexibility index (Phi) is 5.37. The van der Waals surface area contributed by atoms with Crippen LogP contribution in [-0.2, 0) is 21.3 Å². The quantitative estimate of drug-likeness (QED) is 0.713. The second-order valence-electron chi connectivity index (χ2n) is 4.84. The molecule has 0 bridgehead atoms. The zero-order valence-corrected chi connectivity index (χ0v) is 14.4. The molecule has 0 radical (unpaired) electrons. The Balaban J connectivity index is 2.09. The van der Waals surface area contributed by atoms with Gasteiger partial charge in [0.25, 0.3) is 0 Å². The molecule has 0 aliphatic carbocycles. The van der Waals surface area contributed by atoms with Gasteiger partial charge in [-0.3, -0.25) is 0 Å². The third-order valence-electron chi connectivity index (χ3n) is 3.00. The molecule has 22 heavy (non-hydrogen) atoms. The van der Waals surface area contributed by atoms with Gasteiger partial charge in [-0.15, -0.1) is 0 Å². The number of benzene rings is 2. The third-order valence-corrected chi connectivity index (χ3v) is 4.79. The van der Waals surface area contributed by atoms with Crippen LogP contribution in [0, 0.1) is 0 Å². The monoisotopic (exact) mass is 382 g/mol. The summed E-state index contributed by atoms with van der Waals surface area (Å²) in [6.07, 6.45) is 1.10. The van der Waals surface area contributed by atoms with Crippen molar-refractivity contribution < 1.29 is 17.4 Å². The Morgan fingerprint density at radius 2 is 1.64 bits per heavy atom. The van der Waals surface area contributed by atoms with Gasteiger partial charge in [-0.25, -0.2) is 0 Å². The molecule has 0 N–H and O–H groups in total. The fraction of sp³-hybridized carbons (Fsp3) is 0.188. The van der Waals surface area contributed by atoms with Crippen LogP contribution in [0.15, 0.2) is 57.9 Å². The number of rotatable bonds is 6. The molecule has 0 fully saturated rings. The summed E-state index contributed by atoms with van der Waals surface area (Å²) < 4.78 is 30.2. The van der Waals surface area contributed by atoms with E-state index in [0.717, 1.165) is 10.0 Å². The van der Waals surface area contributed by atoms with E-state index in [0.29, 0.717) is 12.8 Å². The molecule has 0 aromatic heterocycles. The van der Waals surface area contributed by atoms with Crippen molar-refractivity contribution in [1.29, 1.82) is 0 Å². The molecular formula is C16H15BrO4S. The number of hydrogen-bond donors (Lipinski definition) is 0. The van der Waals surface area contributed by atoms with E-state index in [1.165, 1.54) is 12.1 Å². The van der Waals surface area contributed by atoms with Crippen LogP contribution >= 0.6 is 15.9 Å². The zero-order valence-electron chi connectivity index (χ0n) is 12.0. The van der Waals surface area contributed by atoms with Crippen LogP contribution in [-0.4, -0.2) is 14.2 Å². The van der Waals surface area contributed by atoms with Crippen molar-refractivity contribution in [2.24, 2.45) is 0 Å². The van der Waals surface area contributed by atoms with Gasteiger partial charge in [0.05, 0.1) is 0 Å². The molecule has 116 valence electrons. The minimum atomic E-state index is -3.84. The van der Waals surface area contributed by atoms with Crippen LogP contribution in [0.5, 0.6) is 5.75 Å². The number of aryl methyl sites for hydroxylation is 1. The lowest BCUT2D eigenvalue weighted by Gasteiger charge is -2.08. The second kappa shape index (κ2) is 7.07. The normalized spacial score (nSPS) is 11.2. The molecule has 2 aromatic carbocycles. The molecule has 0 saturated heterocycles. The number of carbonyl (C=O) groups is 1. The summed E-state index contributed by atoms with van der Waals surface area (Å²) in [6, 6.07) is 12.9. The first-order chi connectivity index (χ1) is 10.4. The van der Waals surface area contributed by atoms with E-state index in [-0.39, 0.29) is 16.4 Å². The fourth-order valence-electron chi connectivity index (χ4n) is 1.81. The lowest BCUT2D eigenvalue weighted by Crippen LogP contribution is -2.09. The van der Waals surface area contributed by atoms with Gasteiger partial charge < -0.3 is 8.98 Å². The highest BCUT2D eigenvalue weighted by Crippen LogP contribution is 2.21. The fourth-order valence-corrected chi connectivity index (χ4v) is 3.00. The van der Waals surface area contributed by atoms with Crippen LogP contribution in [0.4, 0.5) is 0 Å². The van der Waals surface area contributed by atoms with Crippen molar-refractivity contribution in [3.63, 3.8) is 0 Å². The van der Waals surface area contributed by atoms with Gasteiger partial charge >= 0.3 is 10.1 Å². The highest BCUT2D eigenvalue weighted by molar-refractivity contribution is 9.10. The van der Waals surface area contributed by atoms with E-state index in [4.69, 9.17) is 4.18 Å². The van der Waals surface area contributed by atoms with E-state index in [1.807, 2.05) is 0 Å². The largest absolute Gasteiger partial charge is 0.379 e. The van der Waals surface area contributed by atoms with Gasteiger partial charge in [-0.2, -0.15) is 8.42 Å².